The molecule has 0 saturated carbocycles. The van der Waals surface area contributed by atoms with Crippen molar-refractivity contribution in [2.24, 2.45) is 0 Å². The normalized spacial score (nSPS) is 20.0. The summed E-state index contributed by atoms with van der Waals surface area (Å²) < 4.78 is 5.64. The Bertz CT molecular complexity index is 705. The molecule has 0 aromatic heterocycles. The van der Waals surface area contributed by atoms with Gasteiger partial charge in [-0.2, -0.15) is 0 Å². The van der Waals surface area contributed by atoms with Crippen molar-refractivity contribution in [2.75, 3.05) is 19.6 Å². The van der Waals surface area contributed by atoms with E-state index in [0.29, 0.717) is 12.1 Å². The first-order valence-corrected chi connectivity index (χ1v) is 9.40. The average molecular weight is 352 g/mol. The van der Waals surface area contributed by atoms with E-state index in [1.165, 1.54) is 5.56 Å². The van der Waals surface area contributed by atoms with Gasteiger partial charge in [-0.1, -0.05) is 30.3 Å². The van der Waals surface area contributed by atoms with Gasteiger partial charge in [-0.25, -0.2) is 0 Å². The number of rotatable bonds is 6. The Balaban J connectivity index is 1.68. The van der Waals surface area contributed by atoms with Crippen molar-refractivity contribution in [1.82, 2.24) is 10.6 Å². The highest BCUT2D eigenvalue weighted by molar-refractivity contribution is 5.94. The predicted molar refractivity (Wildman–Crippen MR) is 105 cm³/mol. The minimum absolute atomic E-state index is 0.0398. The first-order chi connectivity index (χ1) is 12.6. The molecular weight excluding hydrogens is 324 g/mol. The molecule has 3 rings (SSSR count). The zero-order chi connectivity index (χ0) is 18.4. The molecule has 2 N–H and O–H groups in total. The number of benzene rings is 2. The number of carbonyl (C=O) groups excluding carboxylic acids is 1. The molecule has 4 nitrogen and oxygen atoms in total. The highest BCUT2D eigenvalue weighted by atomic mass is 16.5. The number of ether oxygens (including phenoxy) is 1. The van der Waals surface area contributed by atoms with Gasteiger partial charge in [-0.3, -0.25) is 4.79 Å². The first-order valence-electron chi connectivity index (χ1n) is 9.40. The molecule has 1 heterocycles. The molecule has 1 saturated heterocycles. The van der Waals surface area contributed by atoms with Crippen molar-refractivity contribution >= 4 is 5.91 Å². The first kappa shape index (κ1) is 18.5. The monoisotopic (exact) mass is 352 g/mol. The molecule has 138 valence electrons. The molecule has 1 atom stereocenters. The van der Waals surface area contributed by atoms with Crippen LogP contribution >= 0.6 is 0 Å². The highest BCUT2D eigenvalue weighted by Gasteiger charge is 2.34. The number of hydrogen-bond acceptors (Lipinski definition) is 3. The van der Waals surface area contributed by atoms with E-state index >= 15 is 0 Å². The second-order valence-corrected chi connectivity index (χ2v) is 7.30. The van der Waals surface area contributed by atoms with Crippen molar-refractivity contribution in [2.45, 2.75) is 38.2 Å². The maximum absolute atomic E-state index is 12.6. The maximum atomic E-state index is 12.6. The third-order valence-corrected chi connectivity index (χ3v) is 4.93. The van der Waals surface area contributed by atoms with Gasteiger partial charge >= 0.3 is 0 Å². The van der Waals surface area contributed by atoms with Crippen LogP contribution in [0.3, 0.4) is 0 Å². The second kappa shape index (κ2) is 8.37. The molecule has 4 heteroatoms. The molecule has 1 fully saturated rings. The van der Waals surface area contributed by atoms with E-state index < -0.39 is 0 Å². The van der Waals surface area contributed by atoms with Crippen LogP contribution < -0.4 is 15.4 Å². The van der Waals surface area contributed by atoms with E-state index in [-0.39, 0.29) is 17.4 Å². The summed E-state index contributed by atoms with van der Waals surface area (Å²) in [6.07, 6.45) is 2.32. The van der Waals surface area contributed by atoms with Gasteiger partial charge in [0.1, 0.15) is 5.75 Å². The molecule has 0 spiro atoms. The number of hydrogen-bond donors (Lipinski definition) is 2. The Morgan fingerprint density at radius 1 is 1.15 bits per heavy atom. The van der Waals surface area contributed by atoms with Gasteiger partial charge in [0.05, 0.1) is 6.10 Å². The van der Waals surface area contributed by atoms with Gasteiger partial charge in [0.25, 0.3) is 5.91 Å². The molecule has 0 radical (unpaired) electrons. The van der Waals surface area contributed by atoms with Crippen LogP contribution in [-0.4, -0.2) is 31.6 Å². The SMILES string of the molecule is CC(C)Oc1ccc(C(=O)NCC2(c3ccccc3)CCCNC2)cc1. The van der Waals surface area contributed by atoms with Gasteiger partial charge in [-0.15, -0.1) is 0 Å². The van der Waals surface area contributed by atoms with Crippen molar-refractivity contribution in [1.29, 1.82) is 0 Å². The summed E-state index contributed by atoms with van der Waals surface area (Å²) in [7, 11) is 0. The summed E-state index contributed by atoms with van der Waals surface area (Å²) in [5.74, 6) is 0.746. The van der Waals surface area contributed by atoms with Crippen LogP contribution in [0.1, 0.15) is 42.6 Å². The maximum Gasteiger partial charge on any atom is 0.251 e. The van der Waals surface area contributed by atoms with Gasteiger partial charge in [0.15, 0.2) is 0 Å². The standard InChI is InChI=1S/C22H28N2O2/c1-17(2)26-20-11-9-18(10-12-20)21(25)24-16-22(13-6-14-23-15-22)19-7-4-3-5-8-19/h3-5,7-12,17,23H,6,13-16H2,1-2H3,(H,24,25). The predicted octanol–water partition coefficient (Wildman–Crippen LogP) is 3.53. The van der Waals surface area contributed by atoms with Crippen LogP contribution in [0.5, 0.6) is 5.75 Å². The van der Waals surface area contributed by atoms with Crippen LogP contribution in [0, 0.1) is 0 Å². The van der Waals surface area contributed by atoms with Crippen LogP contribution in [0.4, 0.5) is 0 Å². The van der Waals surface area contributed by atoms with Gasteiger partial charge in [-0.05, 0) is 63.1 Å². The van der Waals surface area contributed by atoms with Crippen LogP contribution in [0.15, 0.2) is 54.6 Å². The third-order valence-electron chi connectivity index (χ3n) is 4.93. The molecule has 1 amide bonds. The molecular formula is C22H28N2O2. The fourth-order valence-electron chi connectivity index (χ4n) is 3.57. The average Bonchev–Trinajstić information content (AvgIpc) is 2.68. The molecule has 0 bridgehead atoms. The summed E-state index contributed by atoms with van der Waals surface area (Å²) in [6.45, 7) is 6.54. The van der Waals surface area contributed by atoms with E-state index in [1.807, 2.05) is 44.2 Å². The quantitative estimate of drug-likeness (QED) is 0.836. The van der Waals surface area contributed by atoms with Crippen molar-refractivity contribution in [3.63, 3.8) is 0 Å². The largest absolute Gasteiger partial charge is 0.491 e. The van der Waals surface area contributed by atoms with Crippen molar-refractivity contribution in [3.8, 4) is 5.75 Å². The van der Waals surface area contributed by atoms with E-state index in [2.05, 4.69) is 34.9 Å². The fourth-order valence-corrected chi connectivity index (χ4v) is 3.57. The van der Waals surface area contributed by atoms with Crippen LogP contribution in [0.2, 0.25) is 0 Å². The van der Waals surface area contributed by atoms with Gasteiger partial charge < -0.3 is 15.4 Å². The van der Waals surface area contributed by atoms with Gasteiger partial charge in [0, 0.05) is 24.1 Å². The van der Waals surface area contributed by atoms with E-state index in [0.717, 1.165) is 31.7 Å². The Morgan fingerprint density at radius 3 is 2.50 bits per heavy atom. The Labute approximate surface area is 156 Å². The highest BCUT2D eigenvalue weighted by Crippen LogP contribution is 2.30. The Morgan fingerprint density at radius 2 is 1.88 bits per heavy atom. The van der Waals surface area contributed by atoms with E-state index in [4.69, 9.17) is 4.74 Å². The summed E-state index contributed by atoms with van der Waals surface area (Å²) in [6, 6.07) is 17.8. The Kier molecular flexibility index (Phi) is 5.94. The molecule has 2 aromatic rings. The minimum Gasteiger partial charge on any atom is -0.491 e. The second-order valence-electron chi connectivity index (χ2n) is 7.30. The third kappa shape index (κ3) is 4.44. The van der Waals surface area contributed by atoms with Crippen molar-refractivity contribution in [3.05, 3.63) is 65.7 Å². The summed E-state index contributed by atoms with van der Waals surface area (Å²) in [4.78, 5) is 12.6. The zero-order valence-electron chi connectivity index (χ0n) is 15.6. The van der Waals surface area contributed by atoms with E-state index in [9.17, 15) is 4.79 Å². The molecule has 0 aliphatic carbocycles. The zero-order valence-corrected chi connectivity index (χ0v) is 15.6. The number of piperidine rings is 1. The topological polar surface area (TPSA) is 50.4 Å². The minimum atomic E-state index is -0.0458. The lowest BCUT2D eigenvalue weighted by Crippen LogP contribution is -2.50. The van der Waals surface area contributed by atoms with Crippen LogP contribution in [-0.2, 0) is 5.41 Å². The number of carbonyl (C=O) groups is 1. The lowest BCUT2D eigenvalue weighted by Gasteiger charge is -2.38. The fraction of sp³-hybridized carbons (Fsp3) is 0.409. The number of nitrogens with one attached hydrogen (secondary N) is 2. The lowest BCUT2D eigenvalue weighted by molar-refractivity contribution is 0.0939. The molecule has 26 heavy (non-hydrogen) atoms. The summed E-state index contributed by atoms with van der Waals surface area (Å²) >= 11 is 0. The molecule has 2 aromatic carbocycles. The van der Waals surface area contributed by atoms with Gasteiger partial charge in [0.2, 0.25) is 0 Å². The molecule has 1 aliphatic heterocycles. The van der Waals surface area contributed by atoms with Crippen molar-refractivity contribution < 1.29 is 9.53 Å². The Hall–Kier alpha value is -2.33. The summed E-state index contributed by atoms with van der Waals surface area (Å²) in [5.41, 5.74) is 1.90. The molecule has 1 unspecified atom stereocenters. The van der Waals surface area contributed by atoms with E-state index in [1.54, 1.807) is 0 Å². The summed E-state index contributed by atoms with van der Waals surface area (Å²) in [5, 5.41) is 6.64. The smallest absolute Gasteiger partial charge is 0.251 e. The van der Waals surface area contributed by atoms with Crippen LogP contribution in [0.25, 0.3) is 0 Å². The lowest BCUT2D eigenvalue weighted by atomic mass is 9.74. The molecule has 1 aliphatic rings. The number of amides is 1.